The zero-order valence-electron chi connectivity index (χ0n) is 14.2. The molecule has 0 unspecified atom stereocenters. The van der Waals surface area contributed by atoms with Crippen LogP contribution in [0.15, 0.2) is 52.3 Å². The molecule has 0 saturated heterocycles. The highest BCUT2D eigenvalue weighted by atomic mass is 32.2. The van der Waals surface area contributed by atoms with Crippen molar-refractivity contribution in [3.63, 3.8) is 0 Å². The van der Waals surface area contributed by atoms with E-state index in [2.05, 4.69) is 29.2 Å². The van der Waals surface area contributed by atoms with Gasteiger partial charge < -0.3 is 5.73 Å². The minimum atomic E-state index is -0.250. The highest BCUT2D eigenvalue weighted by Gasteiger charge is 2.23. The second-order valence-corrected chi connectivity index (χ2v) is 7.46. The maximum atomic E-state index is 12.4. The van der Waals surface area contributed by atoms with Crippen LogP contribution in [0.1, 0.15) is 35.5 Å². The maximum absolute atomic E-state index is 12.4. The summed E-state index contributed by atoms with van der Waals surface area (Å²) in [7, 11) is 0. The van der Waals surface area contributed by atoms with Gasteiger partial charge in [-0.05, 0) is 42.5 Å². The van der Waals surface area contributed by atoms with Crippen LogP contribution >= 0.6 is 11.8 Å². The summed E-state index contributed by atoms with van der Waals surface area (Å²) in [6, 6.07) is 14.4. The summed E-state index contributed by atoms with van der Waals surface area (Å²) in [5, 5.41) is 2.89. The second-order valence-electron chi connectivity index (χ2n) is 6.33. The van der Waals surface area contributed by atoms with Crippen LogP contribution in [-0.4, -0.2) is 9.55 Å². The molecule has 4 rings (SSSR count). The van der Waals surface area contributed by atoms with Crippen LogP contribution in [0.5, 0.6) is 0 Å². The van der Waals surface area contributed by atoms with Crippen molar-refractivity contribution >= 4 is 22.5 Å². The Bertz CT molecular complexity index is 991. The molecule has 0 bridgehead atoms. The fourth-order valence-corrected chi connectivity index (χ4v) is 4.76. The van der Waals surface area contributed by atoms with Crippen LogP contribution in [0.25, 0.3) is 10.8 Å². The normalized spacial score (nSPS) is 14.6. The number of hydrogen-bond acceptors (Lipinski definition) is 4. The summed E-state index contributed by atoms with van der Waals surface area (Å²) >= 11 is 1.50. The quantitative estimate of drug-likeness (QED) is 0.443. The molecule has 0 aliphatic heterocycles. The Labute approximate surface area is 151 Å². The molecule has 0 radical (unpaired) electrons. The molecule has 0 amide bonds. The lowest BCUT2D eigenvalue weighted by molar-refractivity contribution is 0.645. The molecule has 1 aliphatic carbocycles. The largest absolute Gasteiger partial charge is 0.348 e. The van der Waals surface area contributed by atoms with Crippen molar-refractivity contribution in [3.05, 3.63) is 69.8 Å². The van der Waals surface area contributed by atoms with Crippen LogP contribution in [0, 0.1) is 0 Å². The van der Waals surface area contributed by atoms with Crippen molar-refractivity contribution in [2.75, 3.05) is 0 Å². The summed E-state index contributed by atoms with van der Waals surface area (Å²) in [5.74, 6) is 0. The van der Waals surface area contributed by atoms with Gasteiger partial charge in [0.15, 0.2) is 0 Å². The highest BCUT2D eigenvalue weighted by Crippen LogP contribution is 2.37. The van der Waals surface area contributed by atoms with Gasteiger partial charge in [0.1, 0.15) is 5.03 Å². The third-order valence-electron chi connectivity index (χ3n) is 4.89. The lowest BCUT2D eigenvalue weighted by Crippen LogP contribution is -2.26. The number of benzene rings is 2. The van der Waals surface area contributed by atoms with Crippen LogP contribution in [0.3, 0.4) is 0 Å². The molecule has 25 heavy (non-hydrogen) atoms. The summed E-state index contributed by atoms with van der Waals surface area (Å²) in [5.41, 5.74) is 9.80. The Morgan fingerprint density at radius 1 is 1.20 bits per heavy atom. The maximum Gasteiger partial charge on any atom is 0.348 e. The van der Waals surface area contributed by atoms with Gasteiger partial charge in [0.2, 0.25) is 0 Å². The number of aromatic nitrogens is 2. The van der Waals surface area contributed by atoms with Gasteiger partial charge in [0, 0.05) is 17.8 Å². The standard InChI is InChI=1S/C20H21N3OS/c1-2-23-17-12-6-11-16(17)19(22-20(23)24)25-18(21)15-10-5-8-13-7-3-4-9-14(13)15/h3-5,7-10,18H,2,6,11-12,21H2,1H3/t18-/m0/s1. The van der Waals surface area contributed by atoms with Gasteiger partial charge in [-0.25, -0.2) is 4.79 Å². The number of nitrogens with two attached hydrogens (primary N) is 1. The van der Waals surface area contributed by atoms with E-state index in [9.17, 15) is 4.79 Å². The van der Waals surface area contributed by atoms with Gasteiger partial charge in [-0.1, -0.05) is 54.2 Å². The van der Waals surface area contributed by atoms with Gasteiger partial charge in [0.05, 0.1) is 5.37 Å². The first-order chi connectivity index (χ1) is 12.2. The topological polar surface area (TPSA) is 60.9 Å². The number of hydrogen-bond donors (Lipinski definition) is 1. The van der Waals surface area contributed by atoms with E-state index in [1.807, 2.05) is 25.1 Å². The van der Waals surface area contributed by atoms with E-state index in [0.717, 1.165) is 40.9 Å². The van der Waals surface area contributed by atoms with Crippen molar-refractivity contribution in [1.29, 1.82) is 0 Å². The van der Waals surface area contributed by atoms with Crippen LogP contribution in [0.2, 0.25) is 0 Å². The molecular weight excluding hydrogens is 330 g/mol. The molecule has 5 heteroatoms. The minimum absolute atomic E-state index is 0.157. The predicted molar refractivity (Wildman–Crippen MR) is 103 cm³/mol. The van der Waals surface area contributed by atoms with Crippen LogP contribution in [0.4, 0.5) is 0 Å². The number of nitrogens with zero attached hydrogens (tertiary/aromatic N) is 2. The third-order valence-corrected chi connectivity index (χ3v) is 5.95. The Kier molecular flexibility index (Phi) is 4.36. The van der Waals surface area contributed by atoms with Crippen molar-refractivity contribution in [3.8, 4) is 0 Å². The first-order valence-electron chi connectivity index (χ1n) is 8.71. The second kappa shape index (κ2) is 6.65. The fourth-order valence-electron chi connectivity index (χ4n) is 3.69. The van der Waals surface area contributed by atoms with Crippen molar-refractivity contribution in [1.82, 2.24) is 9.55 Å². The van der Waals surface area contributed by atoms with Gasteiger partial charge in [0.25, 0.3) is 0 Å². The molecule has 2 N–H and O–H groups in total. The monoisotopic (exact) mass is 351 g/mol. The molecule has 0 spiro atoms. The van der Waals surface area contributed by atoms with Gasteiger partial charge >= 0.3 is 5.69 Å². The molecule has 1 heterocycles. The van der Waals surface area contributed by atoms with E-state index in [1.54, 1.807) is 4.57 Å². The zero-order valence-corrected chi connectivity index (χ0v) is 15.1. The summed E-state index contributed by atoms with van der Waals surface area (Å²) in [4.78, 5) is 16.7. The number of rotatable bonds is 4. The van der Waals surface area contributed by atoms with Gasteiger partial charge in [-0.15, -0.1) is 0 Å². The van der Waals surface area contributed by atoms with Gasteiger partial charge in [-0.2, -0.15) is 4.98 Å². The Balaban J connectivity index is 1.74. The van der Waals surface area contributed by atoms with Crippen LogP contribution < -0.4 is 11.4 Å². The molecule has 0 saturated carbocycles. The summed E-state index contributed by atoms with van der Waals surface area (Å²) < 4.78 is 1.80. The zero-order chi connectivity index (χ0) is 17.4. The molecule has 3 aromatic rings. The minimum Gasteiger partial charge on any atom is -0.315 e. The third kappa shape index (κ3) is 2.87. The van der Waals surface area contributed by atoms with E-state index in [1.165, 1.54) is 22.7 Å². The predicted octanol–water partition coefficient (Wildman–Crippen LogP) is 3.65. The van der Waals surface area contributed by atoms with Crippen molar-refractivity contribution in [2.45, 2.75) is 43.1 Å². The average molecular weight is 351 g/mol. The average Bonchev–Trinajstić information content (AvgIpc) is 3.11. The van der Waals surface area contributed by atoms with Crippen molar-refractivity contribution in [2.24, 2.45) is 5.73 Å². The van der Waals surface area contributed by atoms with E-state index in [0.29, 0.717) is 6.54 Å². The molecule has 1 aliphatic rings. The Hall–Kier alpha value is -2.11. The summed E-state index contributed by atoms with van der Waals surface area (Å²) in [6.45, 7) is 2.67. The SMILES string of the molecule is CCn1c2c(c(S[C@H](N)c3cccc4ccccc34)nc1=O)CCC2. The molecule has 128 valence electrons. The molecular formula is C20H21N3OS. The molecule has 1 aromatic heterocycles. The van der Waals surface area contributed by atoms with Crippen LogP contribution in [-0.2, 0) is 19.4 Å². The lowest BCUT2D eigenvalue weighted by Gasteiger charge is -2.17. The van der Waals surface area contributed by atoms with E-state index in [4.69, 9.17) is 5.73 Å². The van der Waals surface area contributed by atoms with E-state index in [-0.39, 0.29) is 11.1 Å². The smallest absolute Gasteiger partial charge is 0.315 e. The van der Waals surface area contributed by atoms with E-state index >= 15 is 0 Å². The number of thioether (sulfide) groups is 1. The molecule has 2 aromatic carbocycles. The van der Waals surface area contributed by atoms with E-state index < -0.39 is 0 Å². The van der Waals surface area contributed by atoms with Gasteiger partial charge in [-0.3, -0.25) is 4.57 Å². The highest BCUT2D eigenvalue weighted by molar-refractivity contribution is 7.99. The molecule has 4 nitrogen and oxygen atoms in total. The molecule has 0 fully saturated rings. The lowest BCUT2D eigenvalue weighted by atomic mass is 10.0. The summed E-state index contributed by atoms with van der Waals surface area (Å²) in [6.07, 6.45) is 3.02. The van der Waals surface area contributed by atoms with Crippen molar-refractivity contribution < 1.29 is 0 Å². The Morgan fingerprint density at radius 3 is 2.84 bits per heavy atom. The molecule has 1 atom stereocenters. The first kappa shape index (κ1) is 16.4. The fraction of sp³-hybridized carbons (Fsp3) is 0.300. The Morgan fingerprint density at radius 2 is 2.00 bits per heavy atom. The first-order valence-corrected chi connectivity index (χ1v) is 9.59. The number of fused-ring (bicyclic) bond motifs is 2.